The van der Waals surface area contributed by atoms with Crippen molar-refractivity contribution in [2.75, 3.05) is 0 Å². The van der Waals surface area contributed by atoms with Gasteiger partial charge in [-0.15, -0.1) is 0 Å². The number of hydrogen-bond donors (Lipinski definition) is 1. The van der Waals surface area contributed by atoms with E-state index in [1.54, 1.807) is 6.92 Å². The molecule has 7 heteroatoms. The summed E-state index contributed by atoms with van der Waals surface area (Å²) in [7, 11) is 0. The Kier molecular flexibility index (Phi) is 4.22. The fourth-order valence-corrected chi connectivity index (χ4v) is 2.58. The highest BCUT2D eigenvalue weighted by Gasteiger charge is 2.23. The molecule has 3 rings (SSSR count). The normalized spacial score (nSPS) is 12.1. The van der Waals surface area contributed by atoms with E-state index < -0.39 is 16.9 Å². The van der Waals surface area contributed by atoms with Crippen LogP contribution in [0.4, 0.5) is 5.69 Å². The first kappa shape index (κ1) is 16.0. The van der Waals surface area contributed by atoms with Gasteiger partial charge in [0, 0.05) is 16.5 Å². The first-order valence-corrected chi connectivity index (χ1v) is 7.57. The highest BCUT2D eigenvalue weighted by atomic mass is 35.5. The largest absolute Gasteiger partial charge is 0.459 e. The molecule has 0 saturated carbocycles. The van der Waals surface area contributed by atoms with E-state index >= 15 is 0 Å². The van der Waals surface area contributed by atoms with Crippen LogP contribution in [0.5, 0.6) is 0 Å². The molecule has 0 aliphatic rings. The molecule has 1 N–H and O–H groups in total. The predicted octanol–water partition coefficient (Wildman–Crippen LogP) is 4.49. The first-order valence-electron chi connectivity index (χ1n) is 7.19. The summed E-state index contributed by atoms with van der Waals surface area (Å²) in [5.41, 5.74) is 0.329. The van der Waals surface area contributed by atoms with Gasteiger partial charge in [-0.3, -0.25) is 14.9 Å². The third-order valence-electron chi connectivity index (χ3n) is 3.62. The molecule has 122 valence electrons. The number of nitro benzene ring substituents is 1. The minimum Gasteiger partial charge on any atom is -0.459 e. The van der Waals surface area contributed by atoms with Gasteiger partial charge in [0.15, 0.2) is 0 Å². The van der Waals surface area contributed by atoms with Gasteiger partial charge in [-0.1, -0.05) is 29.8 Å². The second kappa shape index (κ2) is 6.33. The highest BCUT2D eigenvalue weighted by molar-refractivity contribution is 6.31. The van der Waals surface area contributed by atoms with E-state index in [9.17, 15) is 14.9 Å². The number of carbonyl (C=O) groups is 1. The Balaban J connectivity index is 1.85. The van der Waals surface area contributed by atoms with Crippen molar-refractivity contribution in [3.8, 4) is 0 Å². The van der Waals surface area contributed by atoms with Crippen LogP contribution in [-0.4, -0.2) is 10.8 Å². The Morgan fingerprint density at radius 2 is 2.00 bits per heavy atom. The molecule has 0 aliphatic heterocycles. The van der Waals surface area contributed by atoms with E-state index in [1.165, 1.54) is 12.1 Å². The molecule has 1 atom stereocenters. The Morgan fingerprint density at radius 1 is 1.25 bits per heavy atom. The quantitative estimate of drug-likeness (QED) is 0.558. The van der Waals surface area contributed by atoms with Crippen molar-refractivity contribution in [1.29, 1.82) is 0 Å². The van der Waals surface area contributed by atoms with E-state index in [4.69, 9.17) is 16.0 Å². The molecule has 2 aromatic carbocycles. The van der Waals surface area contributed by atoms with Crippen LogP contribution in [0.3, 0.4) is 0 Å². The van der Waals surface area contributed by atoms with Crippen LogP contribution >= 0.6 is 11.6 Å². The summed E-state index contributed by atoms with van der Waals surface area (Å²) >= 11 is 5.76. The zero-order valence-electron chi connectivity index (χ0n) is 12.7. The SMILES string of the molecule is CC(NC(=O)c1ccc(Cl)cc1[N+](=O)[O-])c1cc2ccccc2o1. The molecule has 1 heterocycles. The van der Waals surface area contributed by atoms with Crippen LogP contribution in [0.25, 0.3) is 11.0 Å². The maximum atomic E-state index is 12.4. The number of nitro groups is 1. The van der Waals surface area contributed by atoms with Crippen molar-refractivity contribution >= 4 is 34.2 Å². The predicted molar refractivity (Wildman–Crippen MR) is 90.2 cm³/mol. The molecule has 0 saturated heterocycles. The van der Waals surface area contributed by atoms with Crippen molar-refractivity contribution in [1.82, 2.24) is 5.32 Å². The summed E-state index contributed by atoms with van der Waals surface area (Å²) in [6, 6.07) is 12.8. The van der Waals surface area contributed by atoms with E-state index in [1.807, 2.05) is 30.3 Å². The summed E-state index contributed by atoms with van der Waals surface area (Å²) < 4.78 is 5.69. The van der Waals surface area contributed by atoms with Crippen molar-refractivity contribution in [3.05, 3.63) is 75.0 Å². The monoisotopic (exact) mass is 344 g/mol. The van der Waals surface area contributed by atoms with E-state index in [0.717, 1.165) is 11.5 Å². The number of nitrogens with one attached hydrogen (secondary N) is 1. The number of furan rings is 1. The van der Waals surface area contributed by atoms with E-state index in [0.29, 0.717) is 11.3 Å². The van der Waals surface area contributed by atoms with Gasteiger partial charge in [0.25, 0.3) is 11.6 Å². The average molecular weight is 345 g/mol. The third-order valence-corrected chi connectivity index (χ3v) is 3.86. The second-order valence-electron chi connectivity index (χ2n) is 5.30. The summed E-state index contributed by atoms with van der Waals surface area (Å²) in [5.74, 6) is 0.00693. The lowest BCUT2D eigenvalue weighted by atomic mass is 10.1. The van der Waals surface area contributed by atoms with Crippen molar-refractivity contribution < 1.29 is 14.1 Å². The Morgan fingerprint density at radius 3 is 2.71 bits per heavy atom. The van der Waals surface area contributed by atoms with Crippen molar-refractivity contribution in [2.24, 2.45) is 0 Å². The molecule has 1 amide bonds. The van der Waals surface area contributed by atoms with Gasteiger partial charge >= 0.3 is 0 Å². The van der Waals surface area contributed by atoms with Gasteiger partial charge in [-0.05, 0) is 31.2 Å². The number of nitrogens with zero attached hydrogens (tertiary/aromatic N) is 1. The maximum Gasteiger partial charge on any atom is 0.283 e. The number of fused-ring (bicyclic) bond motifs is 1. The fourth-order valence-electron chi connectivity index (χ4n) is 2.41. The smallest absolute Gasteiger partial charge is 0.283 e. The number of benzene rings is 2. The second-order valence-corrected chi connectivity index (χ2v) is 5.74. The van der Waals surface area contributed by atoms with Crippen LogP contribution in [0, 0.1) is 10.1 Å². The summed E-state index contributed by atoms with van der Waals surface area (Å²) in [6.07, 6.45) is 0. The third kappa shape index (κ3) is 3.09. The van der Waals surface area contributed by atoms with Gasteiger partial charge in [-0.25, -0.2) is 0 Å². The Bertz CT molecular complexity index is 902. The number of carbonyl (C=O) groups excluding carboxylic acids is 1. The number of rotatable bonds is 4. The van der Waals surface area contributed by atoms with Crippen LogP contribution in [0.15, 0.2) is 52.9 Å². The topological polar surface area (TPSA) is 85.4 Å². The molecule has 24 heavy (non-hydrogen) atoms. The van der Waals surface area contributed by atoms with Gasteiger partial charge < -0.3 is 9.73 Å². The first-order chi connectivity index (χ1) is 11.5. The van der Waals surface area contributed by atoms with Crippen LogP contribution in [0.1, 0.15) is 29.1 Å². The molecule has 3 aromatic rings. The van der Waals surface area contributed by atoms with E-state index in [2.05, 4.69) is 5.32 Å². The minimum absolute atomic E-state index is 0.0487. The molecule has 0 spiro atoms. The van der Waals surface area contributed by atoms with Crippen LogP contribution in [0.2, 0.25) is 5.02 Å². The van der Waals surface area contributed by atoms with Gasteiger partial charge in [0.05, 0.1) is 11.0 Å². The van der Waals surface area contributed by atoms with Crippen LogP contribution in [-0.2, 0) is 0 Å². The summed E-state index contributed by atoms with van der Waals surface area (Å²) in [6.45, 7) is 1.75. The zero-order valence-corrected chi connectivity index (χ0v) is 13.4. The number of halogens is 1. The Labute approximate surface area is 142 Å². The molecular formula is C17H13ClN2O4. The zero-order chi connectivity index (χ0) is 17.3. The molecule has 1 aromatic heterocycles. The lowest BCUT2D eigenvalue weighted by Crippen LogP contribution is -2.27. The van der Waals surface area contributed by atoms with Crippen molar-refractivity contribution in [3.63, 3.8) is 0 Å². The molecule has 1 unspecified atom stereocenters. The van der Waals surface area contributed by atoms with Gasteiger partial charge in [-0.2, -0.15) is 0 Å². The lowest BCUT2D eigenvalue weighted by Gasteiger charge is -2.11. The molecule has 0 fully saturated rings. The van der Waals surface area contributed by atoms with Gasteiger partial charge in [0.2, 0.25) is 0 Å². The highest BCUT2D eigenvalue weighted by Crippen LogP contribution is 2.26. The fraction of sp³-hybridized carbons (Fsp3) is 0.118. The molecule has 6 nitrogen and oxygen atoms in total. The van der Waals surface area contributed by atoms with E-state index in [-0.39, 0.29) is 16.3 Å². The number of hydrogen-bond acceptors (Lipinski definition) is 4. The minimum atomic E-state index is -0.632. The standard InChI is InChI=1S/C17H13ClN2O4/c1-10(16-8-11-4-2-3-5-15(11)24-16)19-17(21)13-7-6-12(18)9-14(13)20(22)23/h2-10H,1H3,(H,19,21). The molecule has 0 radical (unpaired) electrons. The number of para-hydroxylation sites is 1. The van der Waals surface area contributed by atoms with Crippen molar-refractivity contribution in [2.45, 2.75) is 13.0 Å². The van der Waals surface area contributed by atoms with Crippen LogP contribution < -0.4 is 5.32 Å². The summed E-state index contributed by atoms with van der Waals surface area (Å²) in [5, 5.41) is 14.9. The lowest BCUT2D eigenvalue weighted by molar-refractivity contribution is -0.385. The van der Waals surface area contributed by atoms with Gasteiger partial charge in [0.1, 0.15) is 16.9 Å². The summed E-state index contributed by atoms with van der Waals surface area (Å²) in [4.78, 5) is 22.8. The molecule has 0 bridgehead atoms. The Hall–Kier alpha value is -2.86. The average Bonchev–Trinajstić information content (AvgIpc) is 2.98. The number of amides is 1. The molecular weight excluding hydrogens is 332 g/mol. The molecule has 0 aliphatic carbocycles. The maximum absolute atomic E-state index is 12.4.